The minimum Gasteiger partial charge on any atom is -0.453 e. The number of hydrogen-bond acceptors (Lipinski definition) is 4. The average Bonchev–Trinajstić information content (AvgIpc) is 3.32. The van der Waals surface area contributed by atoms with Crippen LogP contribution in [0.4, 0.5) is 17.1 Å². The van der Waals surface area contributed by atoms with E-state index in [4.69, 9.17) is 9.72 Å². The molecule has 0 saturated heterocycles. The number of benzene rings is 4. The van der Waals surface area contributed by atoms with E-state index in [2.05, 4.69) is 63.0 Å². The number of fused-ring (bicyclic) bond motifs is 3. The number of imidazole rings is 1. The quantitative estimate of drug-likeness (QED) is 0.276. The van der Waals surface area contributed by atoms with E-state index in [0.717, 1.165) is 56.8 Å². The van der Waals surface area contributed by atoms with Crippen LogP contribution in [0.15, 0.2) is 121 Å². The van der Waals surface area contributed by atoms with Crippen molar-refractivity contribution in [3.8, 4) is 28.6 Å². The highest BCUT2D eigenvalue weighted by molar-refractivity contribution is 5.87. The molecule has 1 aliphatic heterocycles. The van der Waals surface area contributed by atoms with Crippen LogP contribution in [-0.4, -0.2) is 14.5 Å². The molecule has 0 bridgehead atoms. The normalized spacial score (nSPS) is 12.2. The van der Waals surface area contributed by atoms with Gasteiger partial charge in [-0.2, -0.15) is 0 Å². The smallest absolute Gasteiger partial charge is 0.164 e. The molecule has 0 N–H and O–H groups in total. The summed E-state index contributed by atoms with van der Waals surface area (Å²) in [6.45, 7) is 0. The molecule has 1 aliphatic rings. The van der Waals surface area contributed by atoms with E-state index in [1.807, 2.05) is 72.9 Å². The Labute approximate surface area is 202 Å². The molecule has 0 fully saturated rings. The van der Waals surface area contributed by atoms with Gasteiger partial charge >= 0.3 is 0 Å². The van der Waals surface area contributed by atoms with Crippen molar-refractivity contribution in [3.63, 3.8) is 0 Å². The molecule has 2 aromatic heterocycles. The van der Waals surface area contributed by atoms with Gasteiger partial charge in [0.05, 0.1) is 11.4 Å². The van der Waals surface area contributed by atoms with E-state index in [-0.39, 0.29) is 0 Å². The molecule has 0 atom stereocenters. The van der Waals surface area contributed by atoms with E-state index in [9.17, 15) is 0 Å². The Kier molecular flexibility index (Phi) is 4.39. The van der Waals surface area contributed by atoms with Crippen molar-refractivity contribution >= 4 is 28.2 Å². The van der Waals surface area contributed by atoms with Gasteiger partial charge in [-0.25, -0.2) is 9.97 Å². The van der Waals surface area contributed by atoms with Crippen molar-refractivity contribution in [1.82, 2.24) is 14.5 Å². The van der Waals surface area contributed by atoms with Crippen molar-refractivity contribution < 1.29 is 4.74 Å². The van der Waals surface area contributed by atoms with Crippen LogP contribution < -0.4 is 9.64 Å². The summed E-state index contributed by atoms with van der Waals surface area (Å²) >= 11 is 0. The predicted molar refractivity (Wildman–Crippen MR) is 139 cm³/mol. The highest BCUT2D eigenvalue weighted by atomic mass is 16.5. The van der Waals surface area contributed by atoms with Crippen LogP contribution in [0.25, 0.3) is 28.2 Å². The molecule has 35 heavy (non-hydrogen) atoms. The zero-order chi connectivity index (χ0) is 23.2. The Morgan fingerprint density at radius 1 is 0.571 bits per heavy atom. The van der Waals surface area contributed by atoms with Gasteiger partial charge in [-0.1, -0.05) is 42.5 Å². The summed E-state index contributed by atoms with van der Waals surface area (Å²) in [5, 5.41) is 0. The van der Waals surface area contributed by atoms with Gasteiger partial charge in [0, 0.05) is 23.1 Å². The summed E-state index contributed by atoms with van der Waals surface area (Å²) in [5.41, 5.74) is 6.84. The lowest BCUT2D eigenvalue weighted by Gasteiger charge is -2.32. The highest BCUT2D eigenvalue weighted by Gasteiger charge is 2.25. The number of anilines is 3. The second kappa shape index (κ2) is 7.85. The number of para-hydroxylation sites is 5. The maximum atomic E-state index is 6.16. The fourth-order valence-electron chi connectivity index (χ4n) is 4.67. The zero-order valence-electron chi connectivity index (χ0n) is 18.7. The third-order valence-corrected chi connectivity index (χ3v) is 6.25. The van der Waals surface area contributed by atoms with Gasteiger partial charge in [-0.3, -0.25) is 4.57 Å². The summed E-state index contributed by atoms with van der Waals surface area (Å²) < 4.78 is 8.27. The van der Waals surface area contributed by atoms with Crippen molar-refractivity contribution in [2.24, 2.45) is 0 Å². The van der Waals surface area contributed by atoms with Gasteiger partial charge in [-0.15, -0.1) is 0 Å². The number of aromatic nitrogens is 3. The minimum absolute atomic E-state index is 0.840. The van der Waals surface area contributed by atoms with Crippen LogP contribution >= 0.6 is 0 Å². The number of pyridine rings is 1. The van der Waals surface area contributed by atoms with Crippen LogP contribution in [0.1, 0.15) is 0 Å². The van der Waals surface area contributed by atoms with Crippen LogP contribution in [0, 0.1) is 0 Å². The Balaban J connectivity index is 1.37. The molecule has 0 radical (unpaired) electrons. The molecule has 0 aliphatic carbocycles. The monoisotopic (exact) mass is 452 g/mol. The first kappa shape index (κ1) is 19.6. The Morgan fingerprint density at radius 3 is 1.94 bits per heavy atom. The summed E-state index contributed by atoms with van der Waals surface area (Å²) in [6.07, 6.45) is 1.81. The summed E-state index contributed by atoms with van der Waals surface area (Å²) in [5.74, 6) is 2.54. The van der Waals surface area contributed by atoms with Crippen LogP contribution in [-0.2, 0) is 0 Å². The Bertz CT molecular complexity index is 1630. The Hall–Kier alpha value is -4.90. The SMILES string of the molecule is c1ccc(-n2c(-c3ccc(N4c5ccccc5Oc5ccccc54)cc3)nc3cccnc32)cc1. The number of hydrogen-bond donors (Lipinski definition) is 0. The van der Waals surface area contributed by atoms with Crippen LogP contribution in [0.2, 0.25) is 0 Å². The van der Waals surface area contributed by atoms with Crippen molar-refractivity contribution in [2.45, 2.75) is 0 Å². The van der Waals surface area contributed by atoms with Gasteiger partial charge < -0.3 is 9.64 Å². The number of ether oxygens (including phenoxy) is 1. The van der Waals surface area contributed by atoms with E-state index in [0.29, 0.717) is 0 Å². The van der Waals surface area contributed by atoms with Crippen LogP contribution in [0.3, 0.4) is 0 Å². The molecular formula is C30H20N4O. The van der Waals surface area contributed by atoms with E-state index >= 15 is 0 Å². The molecule has 6 aromatic rings. The number of rotatable bonds is 3. The average molecular weight is 453 g/mol. The van der Waals surface area contributed by atoms with Gasteiger partial charge in [0.25, 0.3) is 0 Å². The first-order valence-electron chi connectivity index (χ1n) is 11.5. The molecule has 0 saturated carbocycles. The topological polar surface area (TPSA) is 43.2 Å². The number of nitrogens with zero attached hydrogens (tertiary/aromatic N) is 4. The van der Waals surface area contributed by atoms with Gasteiger partial charge in [0.2, 0.25) is 0 Å². The third kappa shape index (κ3) is 3.17. The van der Waals surface area contributed by atoms with E-state index < -0.39 is 0 Å². The molecule has 5 heteroatoms. The fourth-order valence-corrected chi connectivity index (χ4v) is 4.67. The molecule has 7 rings (SSSR count). The molecule has 0 amide bonds. The predicted octanol–water partition coefficient (Wildman–Crippen LogP) is 7.66. The standard InChI is InChI=1S/C30H20N4O/c1-2-9-22(10-3-1)34-29(32-24-11-8-20-31-30(24)34)21-16-18-23(19-17-21)33-25-12-4-6-14-27(25)35-28-15-7-5-13-26(28)33/h1-20H. The highest BCUT2D eigenvalue weighted by Crippen LogP contribution is 2.50. The summed E-state index contributed by atoms with van der Waals surface area (Å²) in [7, 11) is 0. The van der Waals surface area contributed by atoms with Gasteiger partial charge in [-0.05, 0) is 72.8 Å². The van der Waals surface area contributed by atoms with E-state index in [1.54, 1.807) is 0 Å². The van der Waals surface area contributed by atoms with Crippen molar-refractivity contribution in [3.05, 3.63) is 121 Å². The zero-order valence-corrected chi connectivity index (χ0v) is 18.7. The molecule has 166 valence electrons. The summed E-state index contributed by atoms with van der Waals surface area (Å²) in [6, 6.07) is 38.9. The lowest BCUT2D eigenvalue weighted by atomic mass is 10.1. The maximum absolute atomic E-state index is 6.16. The third-order valence-electron chi connectivity index (χ3n) is 6.25. The largest absolute Gasteiger partial charge is 0.453 e. The minimum atomic E-state index is 0.840. The Morgan fingerprint density at radius 2 is 1.23 bits per heavy atom. The van der Waals surface area contributed by atoms with Gasteiger partial charge in [0.15, 0.2) is 17.1 Å². The van der Waals surface area contributed by atoms with E-state index in [1.165, 1.54) is 0 Å². The first-order valence-corrected chi connectivity index (χ1v) is 11.5. The molecule has 4 aromatic carbocycles. The fraction of sp³-hybridized carbons (Fsp3) is 0. The maximum Gasteiger partial charge on any atom is 0.164 e. The molecule has 3 heterocycles. The first-order chi connectivity index (χ1) is 17.4. The molecule has 5 nitrogen and oxygen atoms in total. The lowest BCUT2D eigenvalue weighted by Crippen LogP contribution is -2.15. The molecular weight excluding hydrogens is 432 g/mol. The summed E-state index contributed by atoms with van der Waals surface area (Å²) in [4.78, 5) is 11.8. The van der Waals surface area contributed by atoms with Crippen LogP contribution in [0.5, 0.6) is 11.5 Å². The molecule has 0 spiro atoms. The van der Waals surface area contributed by atoms with Crippen molar-refractivity contribution in [2.75, 3.05) is 4.90 Å². The second-order valence-corrected chi connectivity index (χ2v) is 8.37. The van der Waals surface area contributed by atoms with Gasteiger partial charge in [0.1, 0.15) is 11.3 Å². The second-order valence-electron chi connectivity index (χ2n) is 8.37. The van der Waals surface area contributed by atoms with Crippen molar-refractivity contribution in [1.29, 1.82) is 0 Å². The lowest BCUT2D eigenvalue weighted by molar-refractivity contribution is 0.477. The molecule has 0 unspecified atom stereocenters.